The maximum atomic E-state index is 13.1. The number of hydrogen-bond donors (Lipinski definition) is 1. The molecule has 0 aliphatic heterocycles. The summed E-state index contributed by atoms with van der Waals surface area (Å²) in [6.45, 7) is 1.64. The Kier molecular flexibility index (Phi) is 4.45. The molecule has 0 saturated carbocycles. The number of amides is 1. The SMILES string of the molecule is C[C@H](N)c1ccc(F)cc1OCC(=O)N(C)C. The molecule has 0 unspecified atom stereocenters. The summed E-state index contributed by atoms with van der Waals surface area (Å²) in [4.78, 5) is 12.8. The van der Waals surface area contributed by atoms with E-state index in [1.165, 1.54) is 17.0 Å². The van der Waals surface area contributed by atoms with E-state index in [1.807, 2.05) is 0 Å². The monoisotopic (exact) mass is 240 g/mol. The number of rotatable bonds is 4. The van der Waals surface area contributed by atoms with Crippen LogP contribution in [0.2, 0.25) is 0 Å². The van der Waals surface area contributed by atoms with E-state index < -0.39 is 5.82 Å². The van der Waals surface area contributed by atoms with E-state index in [-0.39, 0.29) is 18.6 Å². The van der Waals surface area contributed by atoms with Crippen LogP contribution in [0.3, 0.4) is 0 Å². The highest BCUT2D eigenvalue weighted by atomic mass is 19.1. The van der Waals surface area contributed by atoms with Crippen LogP contribution in [-0.2, 0) is 4.79 Å². The molecule has 0 aromatic heterocycles. The number of ether oxygens (including phenoxy) is 1. The average molecular weight is 240 g/mol. The van der Waals surface area contributed by atoms with Crippen LogP contribution >= 0.6 is 0 Å². The molecule has 0 saturated heterocycles. The van der Waals surface area contributed by atoms with Crippen LogP contribution in [0.5, 0.6) is 5.75 Å². The van der Waals surface area contributed by atoms with Gasteiger partial charge in [-0.3, -0.25) is 4.79 Å². The minimum absolute atomic E-state index is 0.129. The molecule has 0 aliphatic rings. The molecule has 1 amide bonds. The zero-order valence-corrected chi connectivity index (χ0v) is 10.2. The summed E-state index contributed by atoms with van der Waals surface area (Å²) in [5.41, 5.74) is 6.41. The number of nitrogens with zero attached hydrogens (tertiary/aromatic N) is 1. The predicted octanol–water partition coefficient (Wildman–Crippen LogP) is 1.31. The third-order valence-corrected chi connectivity index (χ3v) is 2.32. The molecule has 1 rings (SSSR count). The van der Waals surface area contributed by atoms with Crippen LogP contribution < -0.4 is 10.5 Å². The van der Waals surface area contributed by atoms with Crippen molar-refractivity contribution >= 4 is 5.91 Å². The van der Waals surface area contributed by atoms with E-state index in [0.717, 1.165) is 0 Å². The van der Waals surface area contributed by atoms with Gasteiger partial charge < -0.3 is 15.4 Å². The summed E-state index contributed by atoms with van der Waals surface area (Å²) < 4.78 is 18.4. The van der Waals surface area contributed by atoms with Gasteiger partial charge in [-0.05, 0) is 13.0 Å². The van der Waals surface area contributed by atoms with Crippen LogP contribution in [0.4, 0.5) is 4.39 Å². The van der Waals surface area contributed by atoms with Crippen molar-refractivity contribution in [3.63, 3.8) is 0 Å². The highest BCUT2D eigenvalue weighted by molar-refractivity contribution is 5.77. The number of halogens is 1. The van der Waals surface area contributed by atoms with Crippen LogP contribution in [0.1, 0.15) is 18.5 Å². The van der Waals surface area contributed by atoms with Gasteiger partial charge in [-0.15, -0.1) is 0 Å². The highest BCUT2D eigenvalue weighted by Crippen LogP contribution is 2.24. The van der Waals surface area contributed by atoms with Gasteiger partial charge in [0.2, 0.25) is 0 Å². The first-order chi connectivity index (χ1) is 7.91. The molecule has 2 N–H and O–H groups in total. The normalized spacial score (nSPS) is 12.1. The summed E-state index contributed by atoms with van der Waals surface area (Å²) in [7, 11) is 3.26. The molecule has 0 aliphatic carbocycles. The van der Waals surface area contributed by atoms with Crippen molar-refractivity contribution in [2.24, 2.45) is 5.73 Å². The number of carbonyl (C=O) groups excluding carboxylic acids is 1. The van der Waals surface area contributed by atoms with Crippen molar-refractivity contribution in [2.45, 2.75) is 13.0 Å². The van der Waals surface area contributed by atoms with Gasteiger partial charge in [-0.1, -0.05) is 6.07 Å². The van der Waals surface area contributed by atoms with E-state index in [1.54, 1.807) is 27.1 Å². The molecule has 0 spiro atoms. The number of benzene rings is 1. The molecule has 4 nitrogen and oxygen atoms in total. The Morgan fingerprint density at radius 2 is 2.18 bits per heavy atom. The van der Waals surface area contributed by atoms with E-state index in [0.29, 0.717) is 11.3 Å². The largest absolute Gasteiger partial charge is 0.483 e. The van der Waals surface area contributed by atoms with Crippen LogP contribution in [0.15, 0.2) is 18.2 Å². The summed E-state index contributed by atoms with van der Waals surface area (Å²) >= 11 is 0. The van der Waals surface area contributed by atoms with Crippen LogP contribution in [0.25, 0.3) is 0 Å². The minimum atomic E-state index is -0.415. The van der Waals surface area contributed by atoms with Gasteiger partial charge in [0.25, 0.3) is 5.91 Å². The summed E-state index contributed by atoms with van der Waals surface area (Å²) in [6.07, 6.45) is 0. The smallest absolute Gasteiger partial charge is 0.259 e. The Labute approximate surface area is 100 Å². The third-order valence-electron chi connectivity index (χ3n) is 2.32. The number of carbonyl (C=O) groups is 1. The summed E-state index contributed by atoms with van der Waals surface area (Å²) in [5, 5.41) is 0. The topological polar surface area (TPSA) is 55.6 Å². The third kappa shape index (κ3) is 3.71. The molecule has 0 heterocycles. The second kappa shape index (κ2) is 5.63. The lowest BCUT2D eigenvalue weighted by atomic mass is 10.1. The fourth-order valence-corrected chi connectivity index (χ4v) is 1.28. The molecule has 94 valence electrons. The van der Waals surface area contributed by atoms with Crippen molar-refractivity contribution in [3.8, 4) is 5.75 Å². The Morgan fingerprint density at radius 1 is 1.53 bits per heavy atom. The Hall–Kier alpha value is -1.62. The molecule has 1 aromatic carbocycles. The number of hydrogen-bond acceptors (Lipinski definition) is 3. The maximum absolute atomic E-state index is 13.1. The van der Waals surface area contributed by atoms with E-state index >= 15 is 0 Å². The minimum Gasteiger partial charge on any atom is -0.483 e. The molecule has 5 heteroatoms. The molecule has 17 heavy (non-hydrogen) atoms. The lowest BCUT2D eigenvalue weighted by Crippen LogP contribution is -2.27. The molecule has 1 aromatic rings. The van der Waals surface area contributed by atoms with Crippen molar-refractivity contribution in [3.05, 3.63) is 29.6 Å². The second-order valence-electron chi connectivity index (χ2n) is 4.05. The number of nitrogens with two attached hydrogens (primary N) is 1. The van der Waals surface area contributed by atoms with Gasteiger partial charge in [0.15, 0.2) is 6.61 Å². The van der Waals surface area contributed by atoms with E-state index in [2.05, 4.69) is 0 Å². The summed E-state index contributed by atoms with van der Waals surface area (Å²) in [5.74, 6) is -0.290. The van der Waals surface area contributed by atoms with Crippen molar-refractivity contribution < 1.29 is 13.9 Å². The average Bonchev–Trinajstić information content (AvgIpc) is 2.25. The van der Waals surface area contributed by atoms with Gasteiger partial charge in [0.05, 0.1) is 0 Å². The van der Waals surface area contributed by atoms with Gasteiger partial charge in [0.1, 0.15) is 11.6 Å². The van der Waals surface area contributed by atoms with Gasteiger partial charge in [0, 0.05) is 31.8 Å². The fraction of sp³-hybridized carbons (Fsp3) is 0.417. The Bertz CT molecular complexity index is 405. The Morgan fingerprint density at radius 3 is 2.71 bits per heavy atom. The predicted molar refractivity (Wildman–Crippen MR) is 63.2 cm³/mol. The first kappa shape index (κ1) is 13.4. The van der Waals surface area contributed by atoms with E-state index in [9.17, 15) is 9.18 Å². The van der Waals surface area contributed by atoms with Gasteiger partial charge >= 0.3 is 0 Å². The van der Waals surface area contributed by atoms with Gasteiger partial charge in [-0.2, -0.15) is 0 Å². The lowest BCUT2D eigenvalue weighted by molar-refractivity contribution is -0.130. The lowest BCUT2D eigenvalue weighted by Gasteiger charge is -2.15. The highest BCUT2D eigenvalue weighted by Gasteiger charge is 2.11. The first-order valence-corrected chi connectivity index (χ1v) is 5.29. The molecular formula is C12H17FN2O2. The zero-order chi connectivity index (χ0) is 13.0. The van der Waals surface area contributed by atoms with Gasteiger partial charge in [-0.25, -0.2) is 4.39 Å². The maximum Gasteiger partial charge on any atom is 0.259 e. The van der Waals surface area contributed by atoms with Crippen molar-refractivity contribution in [1.82, 2.24) is 4.90 Å². The van der Waals surface area contributed by atoms with Crippen LogP contribution in [-0.4, -0.2) is 31.5 Å². The zero-order valence-electron chi connectivity index (χ0n) is 10.2. The fourth-order valence-electron chi connectivity index (χ4n) is 1.28. The second-order valence-corrected chi connectivity index (χ2v) is 4.05. The molecule has 0 radical (unpaired) electrons. The number of likely N-dealkylation sites (N-methyl/N-ethyl adjacent to an activating group) is 1. The Balaban J connectivity index is 2.82. The summed E-state index contributed by atoms with van der Waals surface area (Å²) in [6, 6.07) is 3.84. The molecule has 0 fully saturated rings. The first-order valence-electron chi connectivity index (χ1n) is 5.29. The molecule has 0 bridgehead atoms. The molecule has 1 atom stereocenters. The van der Waals surface area contributed by atoms with E-state index in [4.69, 9.17) is 10.5 Å². The van der Waals surface area contributed by atoms with Crippen molar-refractivity contribution in [2.75, 3.05) is 20.7 Å². The quantitative estimate of drug-likeness (QED) is 0.863. The van der Waals surface area contributed by atoms with Crippen LogP contribution in [0, 0.1) is 5.82 Å². The van der Waals surface area contributed by atoms with Crippen molar-refractivity contribution in [1.29, 1.82) is 0 Å². The standard InChI is InChI=1S/C12H17FN2O2/c1-8(14)10-5-4-9(13)6-11(10)17-7-12(16)15(2)3/h4-6,8H,7,14H2,1-3H3/t8-/m0/s1. The molecular weight excluding hydrogens is 223 g/mol.